The number of hydrogen-bond donors (Lipinski definition) is 1. The first-order chi connectivity index (χ1) is 11.7. The molecule has 1 aromatic carbocycles. The van der Waals surface area contributed by atoms with Crippen molar-refractivity contribution < 1.29 is 9.32 Å². The Kier molecular flexibility index (Phi) is 4.96. The van der Waals surface area contributed by atoms with Crippen molar-refractivity contribution in [3.05, 3.63) is 60.2 Å². The van der Waals surface area contributed by atoms with E-state index in [2.05, 4.69) is 20.4 Å². The first kappa shape index (κ1) is 15.9. The van der Waals surface area contributed by atoms with Gasteiger partial charge in [-0.3, -0.25) is 9.78 Å². The van der Waals surface area contributed by atoms with Crippen molar-refractivity contribution in [3.8, 4) is 11.4 Å². The fourth-order valence-corrected chi connectivity index (χ4v) is 2.30. The molecule has 0 saturated carbocycles. The standard InChI is InChI=1S/C18H18N4O2/c1-13-5-2-3-6-15(13)20-16(23)7-4-8-17-21-18(22-24-17)14-9-11-19-12-10-14/h2-3,5-6,9-12H,4,7-8H2,1H3,(H,20,23). The molecule has 3 rings (SSSR count). The van der Waals surface area contributed by atoms with Gasteiger partial charge in [0, 0.05) is 36.5 Å². The van der Waals surface area contributed by atoms with Gasteiger partial charge in [0.1, 0.15) is 0 Å². The Balaban J connectivity index is 1.49. The number of aryl methyl sites for hydroxylation is 2. The van der Waals surface area contributed by atoms with Crippen molar-refractivity contribution >= 4 is 11.6 Å². The highest BCUT2D eigenvalue weighted by Gasteiger charge is 2.10. The van der Waals surface area contributed by atoms with Gasteiger partial charge < -0.3 is 9.84 Å². The van der Waals surface area contributed by atoms with Gasteiger partial charge in [-0.25, -0.2) is 0 Å². The maximum absolute atomic E-state index is 12.0. The van der Waals surface area contributed by atoms with Crippen molar-refractivity contribution in [3.63, 3.8) is 0 Å². The van der Waals surface area contributed by atoms with Crippen LogP contribution in [-0.2, 0) is 11.2 Å². The van der Waals surface area contributed by atoms with E-state index in [1.165, 1.54) is 0 Å². The Bertz CT molecular complexity index is 815. The number of benzene rings is 1. The molecular weight excluding hydrogens is 304 g/mol. The Labute approximate surface area is 139 Å². The zero-order valence-corrected chi connectivity index (χ0v) is 13.4. The van der Waals surface area contributed by atoms with E-state index in [1.54, 1.807) is 12.4 Å². The first-order valence-electron chi connectivity index (χ1n) is 7.81. The highest BCUT2D eigenvalue weighted by molar-refractivity contribution is 5.91. The topological polar surface area (TPSA) is 80.9 Å². The third-order valence-corrected chi connectivity index (χ3v) is 3.62. The zero-order valence-electron chi connectivity index (χ0n) is 13.4. The van der Waals surface area contributed by atoms with Gasteiger partial charge in [-0.15, -0.1) is 0 Å². The number of nitrogens with one attached hydrogen (secondary N) is 1. The molecule has 0 fully saturated rings. The summed E-state index contributed by atoms with van der Waals surface area (Å²) in [6.07, 6.45) is 4.98. The molecule has 0 aliphatic rings. The molecule has 24 heavy (non-hydrogen) atoms. The number of amides is 1. The van der Waals surface area contributed by atoms with Crippen LogP contribution in [0.4, 0.5) is 5.69 Å². The van der Waals surface area contributed by atoms with Crippen LogP contribution >= 0.6 is 0 Å². The summed E-state index contributed by atoms with van der Waals surface area (Å²) in [7, 11) is 0. The molecule has 0 spiro atoms. The molecule has 1 amide bonds. The van der Waals surface area contributed by atoms with Crippen LogP contribution in [0.25, 0.3) is 11.4 Å². The minimum Gasteiger partial charge on any atom is -0.339 e. The molecule has 0 unspecified atom stereocenters. The van der Waals surface area contributed by atoms with Gasteiger partial charge in [0.15, 0.2) is 0 Å². The third-order valence-electron chi connectivity index (χ3n) is 3.62. The predicted octanol–water partition coefficient (Wildman–Crippen LogP) is 3.40. The molecule has 6 heteroatoms. The molecular formula is C18H18N4O2. The predicted molar refractivity (Wildman–Crippen MR) is 90.3 cm³/mol. The second kappa shape index (κ2) is 7.50. The summed E-state index contributed by atoms with van der Waals surface area (Å²) in [5.41, 5.74) is 2.75. The number of hydrogen-bond acceptors (Lipinski definition) is 5. The number of carbonyl (C=O) groups excluding carboxylic acids is 1. The van der Waals surface area contributed by atoms with Gasteiger partial charge in [-0.2, -0.15) is 4.98 Å². The Morgan fingerprint density at radius 1 is 1.17 bits per heavy atom. The van der Waals surface area contributed by atoms with E-state index in [0.29, 0.717) is 31.0 Å². The third kappa shape index (κ3) is 4.04. The monoisotopic (exact) mass is 322 g/mol. The van der Waals surface area contributed by atoms with Crippen LogP contribution in [0.1, 0.15) is 24.3 Å². The zero-order chi connectivity index (χ0) is 16.8. The second-order valence-corrected chi connectivity index (χ2v) is 5.46. The van der Waals surface area contributed by atoms with Crippen LogP contribution in [0.5, 0.6) is 0 Å². The molecule has 0 saturated heterocycles. The van der Waals surface area contributed by atoms with Crippen molar-refractivity contribution in [2.24, 2.45) is 0 Å². The lowest BCUT2D eigenvalue weighted by Gasteiger charge is -2.07. The van der Waals surface area contributed by atoms with Crippen LogP contribution in [0.3, 0.4) is 0 Å². The van der Waals surface area contributed by atoms with E-state index in [0.717, 1.165) is 16.8 Å². The van der Waals surface area contributed by atoms with Crippen LogP contribution in [0.15, 0.2) is 53.3 Å². The average Bonchev–Trinajstić information content (AvgIpc) is 3.07. The molecule has 3 aromatic rings. The van der Waals surface area contributed by atoms with Crippen LogP contribution in [0.2, 0.25) is 0 Å². The molecule has 0 bridgehead atoms. The van der Waals surface area contributed by atoms with Gasteiger partial charge in [0.2, 0.25) is 17.6 Å². The summed E-state index contributed by atoms with van der Waals surface area (Å²) >= 11 is 0. The highest BCUT2D eigenvalue weighted by Crippen LogP contribution is 2.16. The van der Waals surface area contributed by atoms with E-state index in [-0.39, 0.29) is 5.91 Å². The van der Waals surface area contributed by atoms with Gasteiger partial charge in [-0.1, -0.05) is 23.4 Å². The van der Waals surface area contributed by atoms with Gasteiger partial charge in [0.05, 0.1) is 0 Å². The van der Waals surface area contributed by atoms with Crippen molar-refractivity contribution in [1.29, 1.82) is 0 Å². The fourth-order valence-electron chi connectivity index (χ4n) is 2.30. The molecule has 0 aliphatic carbocycles. The number of anilines is 1. The molecule has 6 nitrogen and oxygen atoms in total. The highest BCUT2D eigenvalue weighted by atomic mass is 16.5. The smallest absolute Gasteiger partial charge is 0.226 e. The molecule has 2 aromatic heterocycles. The number of aromatic nitrogens is 3. The summed E-state index contributed by atoms with van der Waals surface area (Å²) in [4.78, 5) is 20.3. The van der Waals surface area contributed by atoms with Gasteiger partial charge >= 0.3 is 0 Å². The first-order valence-corrected chi connectivity index (χ1v) is 7.81. The van der Waals surface area contributed by atoms with Crippen molar-refractivity contribution in [2.75, 3.05) is 5.32 Å². The van der Waals surface area contributed by atoms with E-state index >= 15 is 0 Å². The summed E-state index contributed by atoms with van der Waals surface area (Å²) in [6.45, 7) is 1.97. The Morgan fingerprint density at radius 3 is 2.75 bits per heavy atom. The molecule has 1 N–H and O–H groups in total. The maximum Gasteiger partial charge on any atom is 0.226 e. The van der Waals surface area contributed by atoms with Crippen molar-refractivity contribution in [1.82, 2.24) is 15.1 Å². The summed E-state index contributed by atoms with van der Waals surface area (Å²) in [5, 5.41) is 6.86. The number of para-hydroxylation sites is 1. The van der Waals surface area contributed by atoms with Gasteiger partial charge in [-0.05, 0) is 37.1 Å². The lowest BCUT2D eigenvalue weighted by molar-refractivity contribution is -0.116. The Hall–Kier alpha value is -3.02. The quantitative estimate of drug-likeness (QED) is 0.752. The summed E-state index contributed by atoms with van der Waals surface area (Å²) in [6, 6.07) is 11.4. The average molecular weight is 322 g/mol. The SMILES string of the molecule is Cc1ccccc1NC(=O)CCCc1nc(-c2ccncc2)no1. The Morgan fingerprint density at radius 2 is 1.96 bits per heavy atom. The lowest BCUT2D eigenvalue weighted by Crippen LogP contribution is -2.12. The number of nitrogens with zero attached hydrogens (tertiary/aromatic N) is 3. The number of carbonyl (C=O) groups is 1. The minimum atomic E-state index is -0.0156. The van der Waals surface area contributed by atoms with Gasteiger partial charge in [0.25, 0.3) is 0 Å². The minimum absolute atomic E-state index is 0.0156. The summed E-state index contributed by atoms with van der Waals surface area (Å²) < 4.78 is 5.23. The largest absolute Gasteiger partial charge is 0.339 e. The maximum atomic E-state index is 12.0. The van der Waals surface area contributed by atoms with Crippen LogP contribution in [-0.4, -0.2) is 21.0 Å². The summed E-state index contributed by atoms with van der Waals surface area (Å²) in [5.74, 6) is 1.06. The molecule has 0 atom stereocenters. The van der Waals surface area contributed by atoms with Crippen molar-refractivity contribution in [2.45, 2.75) is 26.2 Å². The number of rotatable bonds is 6. The van der Waals surface area contributed by atoms with E-state index in [4.69, 9.17) is 4.52 Å². The van der Waals surface area contributed by atoms with E-state index in [9.17, 15) is 4.79 Å². The molecule has 2 heterocycles. The van der Waals surface area contributed by atoms with Crippen LogP contribution in [0, 0.1) is 6.92 Å². The van der Waals surface area contributed by atoms with E-state index in [1.807, 2.05) is 43.3 Å². The lowest BCUT2D eigenvalue weighted by atomic mass is 10.2. The molecule has 0 radical (unpaired) electrons. The second-order valence-electron chi connectivity index (χ2n) is 5.46. The van der Waals surface area contributed by atoms with E-state index < -0.39 is 0 Å². The normalized spacial score (nSPS) is 10.5. The van der Waals surface area contributed by atoms with Crippen LogP contribution < -0.4 is 5.32 Å². The fraction of sp³-hybridized carbons (Fsp3) is 0.222. The molecule has 0 aliphatic heterocycles. The molecule has 122 valence electrons. The number of pyridine rings is 1.